The maximum Gasteiger partial charge on any atom is 0.237 e. The minimum absolute atomic E-state index is 0.0968. The number of likely N-dealkylation sites (N-methyl/N-ethyl adjacent to an activating group) is 1. The van der Waals surface area contributed by atoms with Crippen molar-refractivity contribution in [3.8, 4) is 0 Å². The van der Waals surface area contributed by atoms with E-state index in [0.717, 1.165) is 5.56 Å². The summed E-state index contributed by atoms with van der Waals surface area (Å²) in [6.45, 7) is 0. The van der Waals surface area contributed by atoms with E-state index in [-0.39, 0.29) is 5.91 Å². The zero-order valence-corrected chi connectivity index (χ0v) is 9.62. The van der Waals surface area contributed by atoms with Crippen molar-refractivity contribution in [1.29, 1.82) is 0 Å². The van der Waals surface area contributed by atoms with Gasteiger partial charge in [0, 0.05) is 7.05 Å². The van der Waals surface area contributed by atoms with Crippen molar-refractivity contribution in [3.63, 3.8) is 0 Å². The van der Waals surface area contributed by atoms with Gasteiger partial charge in [0.15, 0.2) is 0 Å². The van der Waals surface area contributed by atoms with Crippen molar-refractivity contribution in [1.82, 2.24) is 5.32 Å². The van der Waals surface area contributed by atoms with Crippen LogP contribution in [0.3, 0.4) is 0 Å². The number of benzene rings is 1. The Morgan fingerprint density at radius 1 is 1.44 bits per heavy atom. The molecular weight excluding hydrogens is 200 g/mol. The summed E-state index contributed by atoms with van der Waals surface area (Å²) in [5.74, 6) is -0.0968. The summed E-state index contributed by atoms with van der Waals surface area (Å²) >= 11 is 0. The molecule has 3 N–H and O–H groups in total. The largest absolute Gasteiger partial charge is 0.358 e. The molecular formula is C13H18N2O. The van der Waals surface area contributed by atoms with Crippen LogP contribution >= 0.6 is 0 Å². The highest BCUT2D eigenvalue weighted by Gasteiger charge is 2.15. The number of rotatable bonds is 3. The average molecular weight is 218 g/mol. The molecule has 3 nitrogen and oxygen atoms in total. The van der Waals surface area contributed by atoms with E-state index in [1.807, 2.05) is 0 Å². The number of nitrogens with one attached hydrogen (secondary N) is 1. The molecule has 0 bridgehead atoms. The number of carbonyl (C=O) groups excluding carboxylic acids is 1. The predicted octanol–water partition coefficient (Wildman–Crippen LogP) is 0.791. The lowest BCUT2D eigenvalue weighted by atomic mass is 10.0. The molecule has 1 atom stereocenters. The number of amides is 1. The number of fused-ring (bicyclic) bond motifs is 1. The molecule has 0 spiro atoms. The highest BCUT2D eigenvalue weighted by Crippen LogP contribution is 2.23. The molecule has 1 unspecified atom stereocenters. The highest BCUT2D eigenvalue weighted by atomic mass is 16.2. The van der Waals surface area contributed by atoms with Gasteiger partial charge in [0.1, 0.15) is 0 Å². The van der Waals surface area contributed by atoms with Gasteiger partial charge in [0.05, 0.1) is 6.04 Å². The minimum atomic E-state index is -0.440. The zero-order valence-electron chi connectivity index (χ0n) is 9.62. The third-order valence-electron chi connectivity index (χ3n) is 3.20. The van der Waals surface area contributed by atoms with Gasteiger partial charge in [0.2, 0.25) is 5.91 Å². The smallest absolute Gasteiger partial charge is 0.237 e. The van der Waals surface area contributed by atoms with Gasteiger partial charge in [0.25, 0.3) is 0 Å². The molecule has 0 heterocycles. The SMILES string of the molecule is CNC(=O)C(N)Cc1ccc2c(c1)CCC2. The Labute approximate surface area is 96.0 Å². The quantitative estimate of drug-likeness (QED) is 0.788. The average Bonchev–Trinajstić information content (AvgIpc) is 2.75. The second-order valence-electron chi connectivity index (χ2n) is 4.38. The normalized spacial score (nSPS) is 15.6. The summed E-state index contributed by atoms with van der Waals surface area (Å²) < 4.78 is 0. The molecule has 0 aliphatic heterocycles. The topological polar surface area (TPSA) is 55.1 Å². The zero-order chi connectivity index (χ0) is 11.5. The van der Waals surface area contributed by atoms with Crippen molar-refractivity contribution in [2.75, 3.05) is 7.05 Å². The van der Waals surface area contributed by atoms with Crippen LogP contribution in [0, 0.1) is 0 Å². The molecule has 1 amide bonds. The lowest BCUT2D eigenvalue weighted by Gasteiger charge is -2.11. The molecule has 0 aromatic heterocycles. The van der Waals surface area contributed by atoms with Crippen LogP contribution in [0.15, 0.2) is 18.2 Å². The number of hydrogen-bond acceptors (Lipinski definition) is 2. The Hall–Kier alpha value is -1.35. The van der Waals surface area contributed by atoms with Crippen LogP contribution in [0.4, 0.5) is 0 Å². The Morgan fingerprint density at radius 2 is 2.19 bits per heavy atom. The fraction of sp³-hybridized carbons (Fsp3) is 0.462. The molecule has 0 saturated carbocycles. The van der Waals surface area contributed by atoms with Gasteiger partial charge in [-0.2, -0.15) is 0 Å². The monoisotopic (exact) mass is 218 g/mol. The van der Waals surface area contributed by atoms with Gasteiger partial charge in [-0.15, -0.1) is 0 Å². The van der Waals surface area contributed by atoms with E-state index in [0.29, 0.717) is 6.42 Å². The summed E-state index contributed by atoms with van der Waals surface area (Å²) in [6, 6.07) is 6.02. The Balaban J connectivity index is 2.08. The van der Waals surface area contributed by atoms with E-state index >= 15 is 0 Å². The molecule has 16 heavy (non-hydrogen) atoms. The van der Waals surface area contributed by atoms with Crippen LogP contribution in [0.2, 0.25) is 0 Å². The molecule has 1 aromatic rings. The van der Waals surface area contributed by atoms with Crippen molar-refractivity contribution < 1.29 is 4.79 Å². The van der Waals surface area contributed by atoms with Gasteiger partial charge >= 0.3 is 0 Å². The number of hydrogen-bond donors (Lipinski definition) is 2. The molecule has 2 rings (SSSR count). The van der Waals surface area contributed by atoms with Crippen LogP contribution in [-0.2, 0) is 24.1 Å². The van der Waals surface area contributed by atoms with Crippen LogP contribution < -0.4 is 11.1 Å². The first-order chi connectivity index (χ1) is 7.70. The lowest BCUT2D eigenvalue weighted by Crippen LogP contribution is -2.40. The number of carbonyl (C=O) groups is 1. The number of aryl methyl sites for hydroxylation is 2. The predicted molar refractivity (Wildman–Crippen MR) is 64.2 cm³/mol. The van der Waals surface area contributed by atoms with Crippen molar-refractivity contribution in [3.05, 3.63) is 34.9 Å². The third kappa shape index (κ3) is 2.25. The lowest BCUT2D eigenvalue weighted by molar-refractivity contribution is -0.121. The van der Waals surface area contributed by atoms with Crippen molar-refractivity contribution >= 4 is 5.91 Å². The molecule has 1 aromatic carbocycles. The summed E-state index contributed by atoms with van der Waals surface area (Å²) in [7, 11) is 1.62. The molecule has 1 aliphatic rings. The van der Waals surface area contributed by atoms with Crippen LogP contribution in [0.5, 0.6) is 0 Å². The van der Waals surface area contributed by atoms with E-state index in [1.54, 1.807) is 7.05 Å². The van der Waals surface area contributed by atoms with E-state index in [4.69, 9.17) is 5.73 Å². The van der Waals surface area contributed by atoms with Crippen LogP contribution in [0.1, 0.15) is 23.1 Å². The van der Waals surface area contributed by atoms with Gasteiger partial charge in [-0.3, -0.25) is 4.79 Å². The fourth-order valence-corrected chi connectivity index (χ4v) is 2.28. The number of nitrogens with two attached hydrogens (primary N) is 1. The Kier molecular flexibility index (Phi) is 3.25. The summed E-state index contributed by atoms with van der Waals surface area (Å²) in [5.41, 5.74) is 9.84. The summed E-state index contributed by atoms with van der Waals surface area (Å²) in [6.07, 6.45) is 4.22. The maximum absolute atomic E-state index is 11.3. The Bertz CT molecular complexity index is 401. The van der Waals surface area contributed by atoms with Gasteiger partial charge in [-0.25, -0.2) is 0 Å². The van der Waals surface area contributed by atoms with E-state index in [9.17, 15) is 4.79 Å². The summed E-state index contributed by atoms with van der Waals surface area (Å²) in [5, 5.41) is 2.57. The first-order valence-electron chi connectivity index (χ1n) is 5.78. The molecule has 1 aliphatic carbocycles. The van der Waals surface area contributed by atoms with Crippen molar-refractivity contribution in [2.24, 2.45) is 5.73 Å². The van der Waals surface area contributed by atoms with E-state index in [1.165, 1.54) is 30.4 Å². The highest BCUT2D eigenvalue weighted by molar-refractivity contribution is 5.81. The second kappa shape index (κ2) is 4.66. The Morgan fingerprint density at radius 3 is 2.94 bits per heavy atom. The van der Waals surface area contributed by atoms with Gasteiger partial charge < -0.3 is 11.1 Å². The molecule has 0 radical (unpaired) electrons. The van der Waals surface area contributed by atoms with Crippen molar-refractivity contribution in [2.45, 2.75) is 31.7 Å². The third-order valence-corrected chi connectivity index (χ3v) is 3.20. The second-order valence-corrected chi connectivity index (χ2v) is 4.38. The molecule has 3 heteroatoms. The maximum atomic E-state index is 11.3. The van der Waals surface area contributed by atoms with Crippen LogP contribution in [0.25, 0.3) is 0 Å². The first-order valence-corrected chi connectivity index (χ1v) is 5.78. The van der Waals surface area contributed by atoms with E-state index in [2.05, 4.69) is 23.5 Å². The standard InChI is InChI=1S/C13H18N2O/c1-15-13(16)12(14)8-9-5-6-10-3-2-4-11(10)7-9/h5-7,12H,2-4,8,14H2,1H3,(H,15,16). The van der Waals surface area contributed by atoms with Crippen LogP contribution in [-0.4, -0.2) is 19.0 Å². The van der Waals surface area contributed by atoms with E-state index < -0.39 is 6.04 Å². The van der Waals surface area contributed by atoms with Gasteiger partial charge in [-0.1, -0.05) is 18.2 Å². The molecule has 86 valence electrons. The summed E-state index contributed by atoms with van der Waals surface area (Å²) in [4.78, 5) is 11.3. The molecule has 0 fully saturated rings. The van der Waals surface area contributed by atoms with Gasteiger partial charge in [-0.05, 0) is 42.4 Å². The minimum Gasteiger partial charge on any atom is -0.358 e. The molecule has 0 saturated heterocycles. The fourth-order valence-electron chi connectivity index (χ4n) is 2.28. The first kappa shape index (κ1) is 11.1.